The molecule has 9 heteroatoms. The van der Waals surface area contributed by atoms with E-state index in [0.29, 0.717) is 47.5 Å². The predicted molar refractivity (Wildman–Crippen MR) is 145 cm³/mol. The molecule has 182 valence electrons. The Kier molecular flexibility index (Phi) is 17.2. The van der Waals surface area contributed by atoms with Gasteiger partial charge in [-0.05, 0) is 36.6 Å². The number of halogens is 2. The van der Waals surface area contributed by atoms with Gasteiger partial charge in [0, 0.05) is 31.5 Å². The molecule has 7 nitrogen and oxygen atoms in total. The molecule has 0 spiro atoms. The highest BCUT2D eigenvalue weighted by atomic mass is 35.5. The monoisotopic (exact) mass is 502 g/mol. The first kappa shape index (κ1) is 30.6. The van der Waals surface area contributed by atoms with Gasteiger partial charge in [0.05, 0.1) is 16.6 Å². The first-order chi connectivity index (χ1) is 16.3. The number of carbonyl (C=O) groups is 1. The van der Waals surface area contributed by atoms with E-state index < -0.39 is 0 Å². The molecule has 0 saturated carbocycles. The van der Waals surface area contributed by atoms with Gasteiger partial charge in [0.2, 0.25) is 6.41 Å². The number of amides is 1. The van der Waals surface area contributed by atoms with Crippen LogP contribution >= 0.6 is 23.2 Å². The van der Waals surface area contributed by atoms with Gasteiger partial charge in [0.25, 0.3) is 0 Å². The van der Waals surface area contributed by atoms with Crippen LogP contribution in [0.2, 0.25) is 10.0 Å². The number of amidine groups is 2. The minimum Gasteiger partial charge on any atom is -0.403 e. The Labute approximate surface area is 211 Å². The predicted octanol–water partition coefficient (Wildman–Crippen LogP) is 5.57. The van der Waals surface area contributed by atoms with Crippen molar-refractivity contribution in [1.82, 2.24) is 4.90 Å². The smallest absolute Gasteiger partial charge is 0.204 e. The maximum Gasteiger partial charge on any atom is 0.204 e. The topological polar surface area (TPSA) is 132 Å². The average Bonchev–Trinajstić information content (AvgIpc) is 2.81. The summed E-state index contributed by atoms with van der Waals surface area (Å²) in [4.78, 5) is 14.3. The lowest BCUT2D eigenvalue weighted by Crippen LogP contribution is -2.36. The van der Waals surface area contributed by atoms with Crippen molar-refractivity contribution < 1.29 is 4.79 Å². The Hall–Kier alpha value is -3.42. The van der Waals surface area contributed by atoms with Crippen LogP contribution < -0.4 is 11.5 Å². The third-order valence-electron chi connectivity index (χ3n) is 3.98. The highest BCUT2D eigenvalue weighted by molar-refractivity contribution is 6.42. The fraction of sp³-hybridized carbons (Fsp3) is 0.200. The zero-order chi connectivity index (χ0) is 25.8. The van der Waals surface area contributed by atoms with Gasteiger partial charge in [-0.1, -0.05) is 65.7 Å². The number of hydrogen-bond donors (Lipinski definition) is 4. The Morgan fingerprint density at radius 3 is 2.24 bits per heavy atom. The summed E-state index contributed by atoms with van der Waals surface area (Å²) in [6, 6.07) is 15.1. The lowest BCUT2D eigenvalue weighted by atomic mass is 10.1. The normalized spacial score (nSPS) is 9.97. The van der Waals surface area contributed by atoms with Crippen molar-refractivity contribution in [1.29, 1.82) is 10.8 Å². The van der Waals surface area contributed by atoms with Gasteiger partial charge >= 0.3 is 0 Å². The molecular weight excluding hydrogens is 471 g/mol. The van der Waals surface area contributed by atoms with Crippen LogP contribution in [0.15, 0.2) is 78.6 Å². The first-order valence-corrected chi connectivity index (χ1v) is 11.1. The van der Waals surface area contributed by atoms with Crippen LogP contribution in [0.1, 0.15) is 30.9 Å². The molecule has 0 aliphatic carbocycles. The number of aliphatic imine (C=N–C) groups is 1. The Bertz CT molecular complexity index is 955. The van der Waals surface area contributed by atoms with Gasteiger partial charge in [-0.25, -0.2) is 0 Å². The molecule has 2 aromatic rings. The van der Waals surface area contributed by atoms with Crippen LogP contribution in [0, 0.1) is 10.8 Å². The molecule has 0 unspecified atom stereocenters. The molecule has 0 fully saturated rings. The molecule has 0 aromatic heterocycles. The van der Waals surface area contributed by atoms with E-state index in [1.807, 2.05) is 43.3 Å². The number of primary amides is 1. The molecule has 0 saturated heterocycles. The van der Waals surface area contributed by atoms with Crippen molar-refractivity contribution in [2.75, 3.05) is 0 Å². The molecule has 0 aliphatic heterocycles. The van der Waals surface area contributed by atoms with Crippen molar-refractivity contribution in [3.05, 3.63) is 94.8 Å². The molecule has 1 amide bonds. The number of benzene rings is 2. The minimum atomic E-state index is 0.250. The second kappa shape index (κ2) is 19.1. The summed E-state index contributed by atoms with van der Waals surface area (Å²) in [6.45, 7) is 5.63. The van der Waals surface area contributed by atoms with E-state index >= 15 is 0 Å². The SMILES string of the molecule is C=CC.N=C(CCC=N/C=C\N)N(Cc1ccc(Cl)c(Cl)c1)C(=N)Cc1ccccc1.NC=O. The molecule has 6 N–H and O–H groups in total. The van der Waals surface area contributed by atoms with Gasteiger partial charge in [-0.3, -0.25) is 20.6 Å². The molecule has 0 bridgehead atoms. The van der Waals surface area contributed by atoms with Crippen LogP contribution in [0.4, 0.5) is 0 Å². The molecule has 0 atom stereocenters. The summed E-state index contributed by atoms with van der Waals surface area (Å²) in [7, 11) is 0. The zero-order valence-corrected chi connectivity index (χ0v) is 20.8. The lowest BCUT2D eigenvalue weighted by molar-refractivity contribution is -0.106. The van der Waals surface area contributed by atoms with E-state index in [-0.39, 0.29) is 6.41 Å². The van der Waals surface area contributed by atoms with E-state index in [0.717, 1.165) is 11.1 Å². The number of nitrogens with zero attached hydrogens (tertiary/aromatic N) is 2. The van der Waals surface area contributed by atoms with E-state index in [9.17, 15) is 0 Å². The van der Waals surface area contributed by atoms with E-state index in [1.165, 1.54) is 12.4 Å². The zero-order valence-electron chi connectivity index (χ0n) is 19.3. The summed E-state index contributed by atoms with van der Waals surface area (Å²) in [5, 5.41) is 18.0. The van der Waals surface area contributed by atoms with Crippen LogP contribution in [0.5, 0.6) is 0 Å². The minimum absolute atomic E-state index is 0.250. The summed E-state index contributed by atoms with van der Waals surface area (Å²) in [5.41, 5.74) is 11.3. The van der Waals surface area contributed by atoms with Gasteiger partial charge < -0.3 is 16.4 Å². The number of rotatable bonds is 8. The third-order valence-corrected chi connectivity index (χ3v) is 4.72. The van der Waals surface area contributed by atoms with Crippen LogP contribution in [-0.4, -0.2) is 29.2 Å². The fourth-order valence-corrected chi connectivity index (χ4v) is 2.90. The Morgan fingerprint density at radius 1 is 1.06 bits per heavy atom. The van der Waals surface area contributed by atoms with Crippen LogP contribution in [0.3, 0.4) is 0 Å². The second-order valence-corrected chi connectivity index (χ2v) is 7.46. The summed E-state index contributed by atoms with van der Waals surface area (Å²) >= 11 is 12.1. The van der Waals surface area contributed by atoms with Crippen LogP contribution in [-0.2, 0) is 17.8 Å². The Balaban J connectivity index is 0.00000164. The number of allylic oxidation sites excluding steroid dienone is 1. The molecule has 0 heterocycles. The first-order valence-electron chi connectivity index (χ1n) is 10.4. The van der Waals surface area contributed by atoms with Crippen LogP contribution in [0.25, 0.3) is 0 Å². The number of carbonyl (C=O) groups excluding carboxylic acids is 1. The van der Waals surface area contributed by atoms with Gasteiger partial charge in [-0.2, -0.15) is 0 Å². The average molecular weight is 503 g/mol. The fourth-order valence-electron chi connectivity index (χ4n) is 2.58. The molecule has 2 rings (SSSR count). The standard InChI is InChI=1S/C21H23Cl2N5.C3H6.CH3NO/c22-18-9-8-17(13-19(18)23)15-28(20(25)7-4-11-27-12-10-24)21(26)14-16-5-2-1-3-6-16;1-3-2;2-1-3/h1-3,5-6,8-13,25-26H,4,7,14-15,24H2;3H,1H2,2H3;1H,(H2,2,3)/b12-10-,25-20?,26-21?,27-11?;;. The van der Waals surface area contributed by atoms with Gasteiger partial charge in [0.1, 0.15) is 11.7 Å². The van der Waals surface area contributed by atoms with Crippen molar-refractivity contribution in [2.45, 2.75) is 32.7 Å². The highest BCUT2D eigenvalue weighted by Crippen LogP contribution is 2.23. The molecule has 2 aromatic carbocycles. The van der Waals surface area contributed by atoms with Crippen molar-refractivity contribution >= 4 is 47.5 Å². The molecule has 34 heavy (non-hydrogen) atoms. The largest absolute Gasteiger partial charge is 0.403 e. The van der Waals surface area contributed by atoms with Crippen molar-refractivity contribution in [2.24, 2.45) is 16.5 Å². The summed E-state index contributed by atoms with van der Waals surface area (Å²) in [6.07, 6.45) is 8.03. The van der Waals surface area contributed by atoms with E-state index in [1.54, 1.807) is 29.3 Å². The summed E-state index contributed by atoms with van der Waals surface area (Å²) < 4.78 is 0. The van der Waals surface area contributed by atoms with Gasteiger partial charge in [0.15, 0.2) is 0 Å². The second-order valence-electron chi connectivity index (χ2n) is 6.65. The van der Waals surface area contributed by atoms with Gasteiger partial charge in [-0.15, -0.1) is 6.58 Å². The summed E-state index contributed by atoms with van der Waals surface area (Å²) in [5.74, 6) is 0.691. The number of nitrogens with one attached hydrogen (secondary N) is 2. The van der Waals surface area contributed by atoms with E-state index in [4.69, 9.17) is 44.5 Å². The maximum atomic E-state index is 8.58. The molecule has 0 aliphatic rings. The number of hydrogen-bond acceptors (Lipinski definition) is 5. The third kappa shape index (κ3) is 13.2. The molecule has 0 radical (unpaired) electrons. The Morgan fingerprint density at radius 2 is 1.68 bits per heavy atom. The van der Waals surface area contributed by atoms with Crippen molar-refractivity contribution in [3.63, 3.8) is 0 Å². The molecular formula is C25H32Cl2N6O. The quantitative estimate of drug-likeness (QED) is 0.163. The number of nitrogens with two attached hydrogens (primary N) is 2. The van der Waals surface area contributed by atoms with E-state index in [2.05, 4.69) is 17.3 Å². The lowest BCUT2D eigenvalue weighted by Gasteiger charge is -2.26. The van der Waals surface area contributed by atoms with Crippen molar-refractivity contribution in [3.8, 4) is 0 Å². The maximum absolute atomic E-state index is 8.58. The highest BCUT2D eigenvalue weighted by Gasteiger charge is 2.16.